The van der Waals surface area contributed by atoms with Crippen LogP contribution in [0.4, 0.5) is 13.2 Å². The van der Waals surface area contributed by atoms with Gasteiger partial charge >= 0.3 is 6.18 Å². The zero-order valence-corrected chi connectivity index (χ0v) is 15.3. The van der Waals surface area contributed by atoms with E-state index in [1.54, 1.807) is 6.07 Å². The summed E-state index contributed by atoms with van der Waals surface area (Å²) < 4.78 is 38.3. The normalized spacial score (nSPS) is 17.6. The lowest BCUT2D eigenvalue weighted by atomic mass is 9.95. The number of nitrogens with zero attached hydrogens (tertiary/aromatic N) is 1. The summed E-state index contributed by atoms with van der Waals surface area (Å²) in [5.41, 5.74) is 9.28. The number of benzene rings is 2. The van der Waals surface area contributed by atoms with Crippen LogP contribution in [0.2, 0.25) is 0 Å². The molecule has 2 aromatic carbocycles. The maximum Gasteiger partial charge on any atom is 0.416 e. The molecule has 1 unspecified atom stereocenters. The molecule has 0 bridgehead atoms. The predicted molar refractivity (Wildman–Crippen MR) is 101 cm³/mol. The molecule has 4 rings (SSSR count). The van der Waals surface area contributed by atoms with E-state index in [9.17, 15) is 18.0 Å². The van der Waals surface area contributed by atoms with Crippen LogP contribution in [0.15, 0.2) is 42.5 Å². The van der Waals surface area contributed by atoms with Gasteiger partial charge in [-0.15, -0.1) is 0 Å². The van der Waals surface area contributed by atoms with Crippen LogP contribution in [0.1, 0.15) is 45.7 Å². The molecular weight excluding hydrogens is 367 g/mol. The Kier molecular flexibility index (Phi) is 4.42. The van der Waals surface area contributed by atoms with E-state index in [1.807, 2.05) is 12.1 Å². The van der Waals surface area contributed by atoms with Crippen LogP contribution >= 0.6 is 0 Å². The number of halogens is 3. The minimum Gasteiger partial charge on any atom is -0.366 e. The van der Waals surface area contributed by atoms with Crippen molar-refractivity contribution in [2.75, 3.05) is 6.54 Å². The summed E-state index contributed by atoms with van der Waals surface area (Å²) in [6.45, 7) is 3.43. The Labute approximate surface area is 160 Å². The van der Waals surface area contributed by atoms with E-state index < -0.39 is 17.6 Å². The molecule has 0 saturated heterocycles. The first-order valence-electron chi connectivity index (χ1n) is 9.08. The largest absolute Gasteiger partial charge is 0.416 e. The van der Waals surface area contributed by atoms with Crippen molar-refractivity contribution in [2.45, 2.75) is 32.1 Å². The van der Waals surface area contributed by atoms with Gasteiger partial charge in [-0.25, -0.2) is 0 Å². The number of rotatable bonds is 3. The van der Waals surface area contributed by atoms with Crippen LogP contribution in [0.5, 0.6) is 0 Å². The van der Waals surface area contributed by atoms with Crippen LogP contribution in [0, 0.1) is 0 Å². The third-order valence-corrected chi connectivity index (χ3v) is 5.49. The Morgan fingerprint density at radius 2 is 1.93 bits per heavy atom. The first-order valence-corrected chi connectivity index (χ1v) is 9.08. The summed E-state index contributed by atoms with van der Waals surface area (Å²) in [6, 6.07) is 10.8. The first kappa shape index (κ1) is 18.6. The molecule has 28 heavy (non-hydrogen) atoms. The van der Waals surface area contributed by atoms with Crippen molar-refractivity contribution in [3.8, 4) is 0 Å². The molecule has 2 heterocycles. The Morgan fingerprint density at radius 1 is 1.21 bits per heavy atom. The molecule has 0 fully saturated rings. The third kappa shape index (κ3) is 3.26. The van der Waals surface area contributed by atoms with Crippen molar-refractivity contribution in [2.24, 2.45) is 5.73 Å². The molecule has 1 aliphatic heterocycles. The van der Waals surface area contributed by atoms with Gasteiger partial charge in [0.25, 0.3) is 0 Å². The van der Waals surface area contributed by atoms with Crippen molar-refractivity contribution in [3.05, 3.63) is 70.4 Å². The van der Waals surface area contributed by atoms with E-state index in [4.69, 9.17) is 5.73 Å². The number of primary amides is 1. The molecule has 7 heteroatoms. The number of fused-ring (bicyclic) bond motifs is 3. The molecule has 0 saturated carbocycles. The lowest BCUT2D eigenvalue weighted by molar-refractivity contribution is -0.137. The number of nitrogens with two attached hydrogens (primary N) is 1. The van der Waals surface area contributed by atoms with Crippen molar-refractivity contribution in [1.82, 2.24) is 9.88 Å². The Morgan fingerprint density at radius 3 is 2.57 bits per heavy atom. The number of nitrogens with one attached hydrogen (secondary N) is 1. The Hall–Kier alpha value is -2.80. The monoisotopic (exact) mass is 387 g/mol. The minimum absolute atomic E-state index is 0.0583. The van der Waals surface area contributed by atoms with Gasteiger partial charge in [0.2, 0.25) is 5.91 Å². The molecule has 3 aromatic rings. The average molecular weight is 387 g/mol. The maximum absolute atomic E-state index is 12.8. The summed E-state index contributed by atoms with van der Waals surface area (Å²) in [5, 5.41) is 0.968. The van der Waals surface area contributed by atoms with Crippen LogP contribution in [-0.2, 0) is 19.1 Å². The Bertz CT molecular complexity index is 1040. The second kappa shape index (κ2) is 6.67. The molecule has 1 amide bonds. The minimum atomic E-state index is -4.33. The average Bonchev–Trinajstić information content (AvgIpc) is 3.02. The fourth-order valence-electron chi connectivity index (χ4n) is 3.98. The second-order valence-corrected chi connectivity index (χ2v) is 7.23. The van der Waals surface area contributed by atoms with Gasteiger partial charge in [-0.1, -0.05) is 12.1 Å². The summed E-state index contributed by atoms with van der Waals surface area (Å²) in [7, 11) is 0. The quantitative estimate of drug-likeness (QED) is 0.700. The molecule has 1 aromatic heterocycles. The van der Waals surface area contributed by atoms with Crippen LogP contribution < -0.4 is 5.73 Å². The summed E-state index contributed by atoms with van der Waals surface area (Å²) >= 11 is 0. The first-order chi connectivity index (χ1) is 13.2. The van der Waals surface area contributed by atoms with Gasteiger partial charge in [0.15, 0.2) is 0 Å². The molecular formula is C21H20F3N3O. The number of H-pyrrole nitrogens is 1. The highest BCUT2D eigenvalue weighted by Gasteiger charge is 2.31. The molecule has 3 N–H and O–H groups in total. The molecule has 0 spiro atoms. The number of amides is 1. The lowest BCUT2D eigenvalue weighted by Gasteiger charge is -2.34. The van der Waals surface area contributed by atoms with E-state index >= 15 is 0 Å². The third-order valence-electron chi connectivity index (χ3n) is 5.49. The molecule has 0 aliphatic carbocycles. The Balaban J connectivity index is 1.62. The van der Waals surface area contributed by atoms with Gasteiger partial charge in [0.05, 0.1) is 5.56 Å². The fourth-order valence-corrected chi connectivity index (χ4v) is 3.98. The number of carbonyl (C=O) groups excluding carboxylic acids is 1. The number of aromatic nitrogens is 1. The zero-order valence-electron chi connectivity index (χ0n) is 15.3. The van der Waals surface area contributed by atoms with Crippen molar-refractivity contribution >= 4 is 16.8 Å². The van der Waals surface area contributed by atoms with Gasteiger partial charge in [0, 0.05) is 47.7 Å². The van der Waals surface area contributed by atoms with Crippen LogP contribution in [0.3, 0.4) is 0 Å². The van der Waals surface area contributed by atoms with Crippen molar-refractivity contribution in [3.63, 3.8) is 0 Å². The number of aromatic amines is 1. The maximum atomic E-state index is 12.8. The predicted octanol–water partition coefficient (Wildman–Crippen LogP) is 4.40. The smallest absolute Gasteiger partial charge is 0.366 e. The molecule has 146 valence electrons. The van der Waals surface area contributed by atoms with Crippen molar-refractivity contribution < 1.29 is 18.0 Å². The molecule has 1 aliphatic rings. The highest BCUT2D eigenvalue weighted by atomic mass is 19.4. The van der Waals surface area contributed by atoms with Gasteiger partial charge in [-0.2, -0.15) is 13.2 Å². The summed E-state index contributed by atoms with van der Waals surface area (Å²) in [5.74, 6) is -0.470. The zero-order chi connectivity index (χ0) is 20.1. The van der Waals surface area contributed by atoms with E-state index in [0.717, 1.165) is 52.8 Å². The van der Waals surface area contributed by atoms with E-state index in [1.165, 1.54) is 12.1 Å². The topological polar surface area (TPSA) is 62.1 Å². The lowest BCUT2D eigenvalue weighted by Crippen LogP contribution is -2.33. The SMILES string of the molecule is CC1c2c([nH]c3ccc(C(N)=O)cc23)CCN1Cc1ccc(C(F)(F)F)cc1. The van der Waals surface area contributed by atoms with E-state index in [2.05, 4.69) is 16.8 Å². The summed E-state index contributed by atoms with van der Waals surface area (Å²) in [4.78, 5) is 17.2. The molecule has 0 radical (unpaired) electrons. The highest BCUT2D eigenvalue weighted by molar-refractivity contribution is 5.98. The van der Waals surface area contributed by atoms with Gasteiger partial charge in [-0.3, -0.25) is 9.69 Å². The van der Waals surface area contributed by atoms with Gasteiger partial charge in [0.1, 0.15) is 0 Å². The van der Waals surface area contributed by atoms with E-state index in [0.29, 0.717) is 12.1 Å². The van der Waals surface area contributed by atoms with Crippen LogP contribution in [-0.4, -0.2) is 22.3 Å². The molecule has 1 atom stereocenters. The highest BCUT2D eigenvalue weighted by Crippen LogP contribution is 2.37. The number of hydrogen-bond donors (Lipinski definition) is 2. The summed E-state index contributed by atoms with van der Waals surface area (Å²) in [6.07, 6.45) is -3.52. The van der Waals surface area contributed by atoms with Crippen molar-refractivity contribution in [1.29, 1.82) is 0 Å². The standard InChI is InChI=1S/C21H20F3N3O/c1-12-19-16-10-14(20(25)28)4-7-17(16)26-18(19)8-9-27(12)11-13-2-5-15(6-3-13)21(22,23)24/h2-7,10,12,26H,8-9,11H2,1H3,(H2,25,28). The number of carbonyl (C=O) groups is 1. The van der Waals surface area contributed by atoms with Gasteiger partial charge < -0.3 is 10.7 Å². The van der Waals surface area contributed by atoms with Gasteiger partial charge in [-0.05, 0) is 48.4 Å². The van der Waals surface area contributed by atoms with E-state index in [-0.39, 0.29) is 6.04 Å². The second-order valence-electron chi connectivity index (χ2n) is 7.23. The van der Waals surface area contributed by atoms with Crippen LogP contribution in [0.25, 0.3) is 10.9 Å². The number of hydrogen-bond acceptors (Lipinski definition) is 2. The number of alkyl halides is 3. The molecule has 4 nitrogen and oxygen atoms in total. The fraction of sp³-hybridized carbons (Fsp3) is 0.286.